The smallest absolute Gasteiger partial charge is 0.502 e. The second-order valence-electron chi connectivity index (χ2n) is 6.76. The molecule has 0 aliphatic heterocycles. The van der Waals surface area contributed by atoms with E-state index in [0.29, 0.717) is 5.56 Å². The normalized spacial score (nSPS) is 12.9. The fourth-order valence-corrected chi connectivity index (χ4v) is 3.66. The van der Waals surface area contributed by atoms with E-state index >= 15 is 0 Å². The number of rotatable bonds is 10. The molecule has 170 valence electrons. The molecular weight excluding hydrogens is 443 g/mol. The summed E-state index contributed by atoms with van der Waals surface area (Å²) in [6, 6.07) is 11.1. The van der Waals surface area contributed by atoms with E-state index in [1.807, 2.05) is 0 Å². The number of carbonyl (C=O) groups is 2. The zero-order valence-corrected chi connectivity index (χ0v) is 17.9. The molecule has 0 spiro atoms. The number of benzene rings is 2. The zero-order chi connectivity index (χ0) is 23.7. The van der Waals surface area contributed by atoms with Crippen LogP contribution in [0.5, 0.6) is 5.75 Å². The number of nitro groups is 1. The first-order valence-electron chi connectivity index (χ1n) is 9.37. The fraction of sp³-hybridized carbons (Fsp3) is 0.300. The highest BCUT2D eigenvalue weighted by molar-refractivity contribution is 7.38. The van der Waals surface area contributed by atoms with Gasteiger partial charge in [0.1, 0.15) is 12.6 Å². The molecule has 3 N–H and O–H groups in total. The van der Waals surface area contributed by atoms with E-state index in [2.05, 4.69) is 10.1 Å². The topological polar surface area (TPSA) is 165 Å². The van der Waals surface area contributed by atoms with Gasteiger partial charge in [-0.15, -0.1) is 0 Å². The quantitative estimate of drug-likeness (QED) is 0.207. The van der Waals surface area contributed by atoms with Crippen molar-refractivity contribution >= 4 is 25.8 Å². The van der Waals surface area contributed by atoms with Crippen molar-refractivity contribution in [1.82, 2.24) is 5.32 Å². The van der Waals surface area contributed by atoms with Crippen LogP contribution in [0.25, 0.3) is 0 Å². The van der Waals surface area contributed by atoms with Crippen LogP contribution in [0.3, 0.4) is 0 Å². The zero-order valence-electron chi connectivity index (χ0n) is 17.0. The highest BCUT2D eigenvalue weighted by atomic mass is 31.1. The molecule has 11 nitrogen and oxygen atoms in total. The SMILES string of the molecule is COC(=O)[C@H](CC(Cc1ccc(O)c([N+](=O)[O-])c1)[P+](=O)O)NC(=O)OCc1ccccc1. The van der Waals surface area contributed by atoms with E-state index in [4.69, 9.17) is 4.74 Å². The number of hydrogen-bond acceptors (Lipinski definition) is 8. The van der Waals surface area contributed by atoms with Crippen LogP contribution in [0, 0.1) is 10.1 Å². The molecule has 1 amide bonds. The Morgan fingerprint density at radius 1 is 1.19 bits per heavy atom. The van der Waals surface area contributed by atoms with Crippen LogP contribution in [0.1, 0.15) is 17.5 Å². The van der Waals surface area contributed by atoms with Gasteiger partial charge < -0.3 is 19.9 Å². The number of phenols is 1. The first-order valence-corrected chi connectivity index (χ1v) is 10.7. The van der Waals surface area contributed by atoms with Gasteiger partial charge in [-0.05, 0) is 21.8 Å². The number of hydrogen-bond donors (Lipinski definition) is 3. The van der Waals surface area contributed by atoms with Crippen LogP contribution in [0.2, 0.25) is 0 Å². The monoisotopic (exact) mass is 465 g/mol. The summed E-state index contributed by atoms with van der Waals surface area (Å²) in [5.41, 5.74) is -0.580. The average molecular weight is 465 g/mol. The Labute approximate surface area is 184 Å². The molecule has 0 saturated heterocycles. The maximum atomic E-state index is 12.1. The summed E-state index contributed by atoms with van der Waals surface area (Å²) in [6.07, 6.45) is -1.33. The second-order valence-corrected chi connectivity index (χ2v) is 8.09. The van der Waals surface area contributed by atoms with Gasteiger partial charge in [0.25, 0.3) is 0 Å². The van der Waals surface area contributed by atoms with Gasteiger partial charge in [0.15, 0.2) is 11.4 Å². The fourth-order valence-electron chi connectivity index (χ4n) is 2.90. The molecule has 0 heterocycles. The summed E-state index contributed by atoms with van der Waals surface area (Å²) in [6.45, 7) is -0.0462. The van der Waals surface area contributed by atoms with Gasteiger partial charge in [-0.2, -0.15) is 4.89 Å². The molecule has 32 heavy (non-hydrogen) atoms. The molecule has 2 aromatic rings. The first kappa shape index (κ1) is 24.7. The molecule has 0 bridgehead atoms. The van der Waals surface area contributed by atoms with E-state index in [1.165, 1.54) is 6.07 Å². The number of phenolic OH excluding ortho intramolecular Hbond substituents is 1. The van der Waals surface area contributed by atoms with E-state index in [1.54, 1.807) is 30.3 Å². The predicted molar refractivity (Wildman–Crippen MR) is 112 cm³/mol. The minimum Gasteiger partial charge on any atom is -0.502 e. The third-order valence-electron chi connectivity index (χ3n) is 4.52. The molecule has 0 saturated carbocycles. The molecule has 2 aromatic carbocycles. The van der Waals surface area contributed by atoms with Gasteiger partial charge in [-0.3, -0.25) is 10.1 Å². The number of esters is 1. The average Bonchev–Trinajstić information content (AvgIpc) is 2.77. The Kier molecular flexibility index (Phi) is 9.06. The Bertz CT molecular complexity index is 984. The number of methoxy groups -OCH3 is 1. The van der Waals surface area contributed by atoms with E-state index in [0.717, 1.165) is 24.8 Å². The standard InChI is InChI=1S/C20H21N2O9P/c1-30-19(24)16(21-20(25)31-12-13-5-3-2-4-6-13)11-15(32(28)29)9-14-7-8-18(23)17(10-14)22(26)27/h2-8,10,15-16H,9,11-12H2,1H3,(H2-,21,23,25,28,29)/p+1/t15?,16-/m0/s1. The van der Waals surface area contributed by atoms with E-state index < -0.39 is 48.2 Å². The highest BCUT2D eigenvalue weighted by Gasteiger charge is 2.36. The summed E-state index contributed by atoms with van der Waals surface area (Å²) in [4.78, 5) is 44.2. The molecule has 3 atom stereocenters. The number of alkyl carbamates (subject to hydrolysis) is 1. The van der Waals surface area contributed by atoms with Crippen LogP contribution in [-0.2, 0) is 31.9 Å². The largest absolute Gasteiger partial charge is 0.509 e. The van der Waals surface area contributed by atoms with Gasteiger partial charge in [-0.25, -0.2) is 9.59 Å². The lowest BCUT2D eigenvalue weighted by molar-refractivity contribution is -0.385. The van der Waals surface area contributed by atoms with Crippen molar-refractivity contribution in [1.29, 1.82) is 0 Å². The van der Waals surface area contributed by atoms with Crippen molar-refractivity contribution in [2.75, 3.05) is 7.11 Å². The van der Waals surface area contributed by atoms with Gasteiger partial charge in [0.2, 0.25) is 0 Å². The highest BCUT2D eigenvalue weighted by Crippen LogP contribution is 2.33. The van der Waals surface area contributed by atoms with Gasteiger partial charge >= 0.3 is 25.8 Å². The van der Waals surface area contributed by atoms with Crippen molar-refractivity contribution in [2.45, 2.75) is 31.1 Å². The predicted octanol–water partition coefficient (Wildman–Crippen LogP) is 2.80. The van der Waals surface area contributed by atoms with Gasteiger partial charge in [0, 0.05) is 18.9 Å². The van der Waals surface area contributed by atoms with Crippen molar-refractivity contribution < 1.29 is 38.6 Å². The number of nitro benzene ring substituents is 1. The molecule has 0 aliphatic rings. The van der Waals surface area contributed by atoms with Crippen molar-refractivity contribution in [3.8, 4) is 5.75 Å². The lowest BCUT2D eigenvalue weighted by Gasteiger charge is -2.17. The van der Waals surface area contributed by atoms with Crippen molar-refractivity contribution in [3.63, 3.8) is 0 Å². The number of nitrogens with one attached hydrogen (secondary N) is 1. The third kappa shape index (κ3) is 7.29. The lowest BCUT2D eigenvalue weighted by atomic mass is 10.0. The maximum absolute atomic E-state index is 12.1. The molecule has 0 aliphatic carbocycles. The third-order valence-corrected chi connectivity index (χ3v) is 5.54. The molecular formula is C20H22N2O9P+. The minimum atomic E-state index is -2.83. The molecule has 0 fully saturated rings. The van der Waals surface area contributed by atoms with Gasteiger partial charge in [0.05, 0.1) is 12.0 Å². The van der Waals surface area contributed by atoms with Crippen LogP contribution >= 0.6 is 8.03 Å². The number of amides is 1. The Morgan fingerprint density at radius 3 is 2.47 bits per heavy atom. The molecule has 2 rings (SSSR count). The van der Waals surface area contributed by atoms with Crippen LogP contribution in [-0.4, -0.2) is 45.8 Å². The summed E-state index contributed by atoms with van der Waals surface area (Å²) in [5.74, 6) is -1.39. The minimum absolute atomic E-state index is 0.0462. The summed E-state index contributed by atoms with van der Waals surface area (Å²) < 4.78 is 21.6. The first-order chi connectivity index (χ1) is 15.2. The van der Waals surface area contributed by atoms with Crippen molar-refractivity contribution in [2.24, 2.45) is 0 Å². The Morgan fingerprint density at radius 2 is 1.88 bits per heavy atom. The van der Waals surface area contributed by atoms with E-state index in [-0.39, 0.29) is 19.4 Å². The van der Waals surface area contributed by atoms with Crippen LogP contribution < -0.4 is 5.32 Å². The summed E-state index contributed by atoms with van der Waals surface area (Å²) >= 11 is 0. The number of aromatic hydroxyl groups is 1. The summed E-state index contributed by atoms with van der Waals surface area (Å²) in [5, 5.41) is 22.9. The molecule has 0 radical (unpaired) electrons. The molecule has 2 unspecified atom stereocenters. The molecule has 12 heteroatoms. The second kappa shape index (κ2) is 11.7. The Balaban J connectivity index is 2.09. The van der Waals surface area contributed by atoms with Crippen LogP contribution in [0.4, 0.5) is 10.5 Å². The summed E-state index contributed by atoms with van der Waals surface area (Å²) in [7, 11) is -1.73. The number of ether oxygens (including phenoxy) is 2. The van der Waals surface area contributed by atoms with Crippen molar-refractivity contribution in [3.05, 3.63) is 69.8 Å². The van der Waals surface area contributed by atoms with E-state index in [9.17, 15) is 34.3 Å². The number of carbonyl (C=O) groups excluding carboxylic acids is 2. The maximum Gasteiger partial charge on any atom is 0.509 e. The number of nitrogens with zero attached hydrogens (tertiary/aromatic N) is 1. The van der Waals surface area contributed by atoms with Gasteiger partial charge in [-0.1, -0.05) is 36.4 Å². The Hall–Kier alpha value is -3.56. The molecule has 0 aromatic heterocycles. The lowest BCUT2D eigenvalue weighted by Crippen LogP contribution is -2.43. The van der Waals surface area contributed by atoms with Crippen LogP contribution in [0.15, 0.2) is 48.5 Å².